The van der Waals surface area contributed by atoms with E-state index in [0.717, 1.165) is 24.7 Å². The number of sulfonamides is 1. The van der Waals surface area contributed by atoms with Crippen molar-refractivity contribution < 1.29 is 37.2 Å². The van der Waals surface area contributed by atoms with Crippen molar-refractivity contribution in [2.45, 2.75) is 0 Å². The third-order valence-corrected chi connectivity index (χ3v) is 5.09. The molecular weight excluding hydrogens is 450 g/mol. The standard InChI is InChI=1S/C18H19N3O10S/c1-28-12-9-16(29-2)13(17(10-12)30-3)5-6-32(26,27)19-11-7-14(20(22)23)18(31-4)15(8-11)21(24)25/h5-10,19H,1-4H3/b6-5+. The Morgan fingerprint density at radius 1 is 0.844 bits per heavy atom. The van der Waals surface area contributed by atoms with Crippen molar-refractivity contribution in [2.24, 2.45) is 0 Å². The number of nitrogens with zero attached hydrogens (tertiary/aromatic N) is 2. The van der Waals surface area contributed by atoms with Crippen LogP contribution in [0.2, 0.25) is 0 Å². The molecule has 0 saturated carbocycles. The van der Waals surface area contributed by atoms with Gasteiger partial charge in [0.2, 0.25) is 0 Å². The van der Waals surface area contributed by atoms with Gasteiger partial charge in [0.25, 0.3) is 15.8 Å². The van der Waals surface area contributed by atoms with Gasteiger partial charge in [-0.2, -0.15) is 0 Å². The van der Waals surface area contributed by atoms with E-state index >= 15 is 0 Å². The normalized spacial score (nSPS) is 11.1. The minimum atomic E-state index is -4.26. The molecule has 0 aliphatic heterocycles. The first-order valence-corrected chi connectivity index (χ1v) is 10.1. The van der Waals surface area contributed by atoms with Crippen molar-refractivity contribution in [3.63, 3.8) is 0 Å². The first-order chi connectivity index (χ1) is 15.1. The molecule has 0 aromatic heterocycles. The lowest BCUT2D eigenvalue weighted by Gasteiger charge is -2.12. The molecule has 172 valence electrons. The van der Waals surface area contributed by atoms with Crippen LogP contribution in [0.4, 0.5) is 17.1 Å². The number of hydrogen-bond acceptors (Lipinski definition) is 10. The van der Waals surface area contributed by atoms with E-state index in [9.17, 15) is 28.6 Å². The summed E-state index contributed by atoms with van der Waals surface area (Å²) in [5.41, 5.74) is -1.68. The van der Waals surface area contributed by atoms with Crippen molar-refractivity contribution >= 4 is 33.2 Å². The number of methoxy groups -OCH3 is 4. The Balaban J connectivity index is 2.49. The van der Waals surface area contributed by atoms with Gasteiger partial charge in [0, 0.05) is 24.3 Å². The summed E-state index contributed by atoms with van der Waals surface area (Å²) in [4.78, 5) is 20.7. The SMILES string of the molecule is COc1cc(OC)c(/C=C/S(=O)(=O)Nc2cc([N+](=O)[O-])c(OC)c([N+](=O)[O-])c2)c(OC)c1. The van der Waals surface area contributed by atoms with Crippen molar-refractivity contribution in [2.75, 3.05) is 33.2 Å². The number of nitro groups is 2. The van der Waals surface area contributed by atoms with Crippen molar-refractivity contribution in [1.29, 1.82) is 0 Å². The zero-order chi connectivity index (χ0) is 24.1. The molecule has 0 spiro atoms. The maximum atomic E-state index is 12.5. The second kappa shape index (κ2) is 9.82. The van der Waals surface area contributed by atoms with E-state index < -0.39 is 42.7 Å². The molecule has 0 amide bonds. The van der Waals surface area contributed by atoms with Gasteiger partial charge in [-0.25, -0.2) is 8.42 Å². The maximum absolute atomic E-state index is 12.5. The molecule has 2 aromatic rings. The fourth-order valence-electron chi connectivity index (χ4n) is 2.69. The Morgan fingerprint density at radius 2 is 1.34 bits per heavy atom. The van der Waals surface area contributed by atoms with Crippen molar-refractivity contribution in [1.82, 2.24) is 0 Å². The van der Waals surface area contributed by atoms with E-state index in [-0.39, 0.29) is 17.1 Å². The maximum Gasteiger partial charge on any atom is 0.320 e. The van der Waals surface area contributed by atoms with E-state index in [4.69, 9.17) is 18.9 Å². The molecule has 2 aromatic carbocycles. The third kappa shape index (κ3) is 5.34. The molecule has 0 bridgehead atoms. The van der Waals surface area contributed by atoms with Crippen LogP contribution in [-0.4, -0.2) is 46.7 Å². The fraction of sp³-hybridized carbons (Fsp3) is 0.222. The van der Waals surface area contributed by atoms with Gasteiger partial charge in [0.1, 0.15) is 17.2 Å². The van der Waals surface area contributed by atoms with Gasteiger partial charge in [-0.1, -0.05) is 0 Å². The molecule has 0 unspecified atom stereocenters. The second-order valence-electron chi connectivity index (χ2n) is 5.96. The zero-order valence-corrected chi connectivity index (χ0v) is 18.2. The first-order valence-electron chi connectivity index (χ1n) is 8.58. The topological polar surface area (TPSA) is 169 Å². The molecule has 32 heavy (non-hydrogen) atoms. The van der Waals surface area contributed by atoms with E-state index in [1.54, 1.807) is 0 Å². The number of nitro benzene ring substituents is 2. The predicted molar refractivity (Wildman–Crippen MR) is 114 cm³/mol. The monoisotopic (exact) mass is 469 g/mol. The molecule has 0 saturated heterocycles. The molecule has 1 N–H and O–H groups in total. The number of rotatable bonds is 10. The average molecular weight is 469 g/mol. The molecule has 0 atom stereocenters. The average Bonchev–Trinajstić information content (AvgIpc) is 2.75. The highest BCUT2D eigenvalue weighted by atomic mass is 32.2. The third-order valence-electron chi connectivity index (χ3n) is 4.07. The van der Waals surface area contributed by atoms with E-state index in [0.29, 0.717) is 5.75 Å². The summed E-state index contributed by atoms with van der Waals surface area (Å²) in [7, 11) is 0.937. The Labute approximate surface area is 182 Å². The molecule has 0 aliphatic rings. The van der Waals surface area contributed by atoms with Crippen molar-refractivity contribution in [3.8, 4) is 23.0 Å². The zero-order valence-electron chi connectivity index (χ0n) is 17.3. The molecule has 2 rings (SSSR count). The van der Waals surface area contributed by atoms with Crippen LogP contribution in [0.25, 0.3) is 6.08 Å². The highest BCUT2D eigenvalue weighted by molar-refractivity contribution is 7.95. The van der Waals surface area contributed by atoms with Gasteiger partial charge in [-0.05, 0) is 6.08 Å². The van der Waals surface area contributed by atoms with Gasteiger partial charge in [-0.15, -0.1) is 0 Å². The molecule has 0 fully saturated rings. The van der Waals surface area contributed by atoms with Gasteiger partial charge in [-0.3, -0.25) is 25.0 Å². The largest absolute Gasteiger partial charge is 0.496 e. The number of anilines is 1. The summed E-state index contributed by atoms with van der Waals surface area (Å²) in [6.45, 7) is 0. The summed E-state index contributed by atoms with van der Waals surface area (Å²) in [5.74, 6) is 0.313. The van der Waals surface area contributed by atoms with Crippen LogP contribution in [-0.2, 0) is 10.0 Å². The van der Waals surface area contributed by atoms with Gasteiger partial charge in [0.15, 0.2) is 0 Å². The Morgan fingerprint density at radius 3 is 1.72 bits per heavy atom. The summed E-state index contributed by atoms with van der Waals surface area (Å²) in [5, 5.41) is 23.3. The van der Waals surface area contributed by atoms with Crippen LogP contribution in [0.3, 0.4) is 0 Å². The predicted octanol–water partition coefficient (Wildman–Crippen LogP) is 2.95. The Kier molecular flexibility index (Phi) is 7.43. The summed E-state index contributed by atoms with van der Waals surface area (Å²) in [6, 6.07) is 4.65. The van der Waals surface area contributed by atoms with Gasteiger partial charge in [0.05, 0.1) is 54.9 Å². The first kappa shape index (κ1) is 24.2. The van der Waals surface area contributed by atoms with Crippen LogP contribution in [0.15, 0.2) is 29.7 Å². The molecule has 14 heteroatoms. The van der Waals surface area contributed by atoms with Gasteiger partial charge >= 0.3 is 11.4 Å². The summed E-state index contributed by atoms with van der Waals surface area (Å²) < 4.78 is 47.5. The molecule has 0 aliphatic carbocycles. The minimum Gasteiger partial charge on any atom is -0.496 e. The number of benzene rings is 2. The van der Waals surface area contributed by atoms with E-state index in [1.165, 1.54) is 39.5 Å². The van der Waals surface area contributed by atoms with Crippen molar-refractivity contribution in [3.05, 3.63) is 55.5 Å². The fourth-order valence-corrected chi connectivity index (χ4v) is 3.52. The van der Waals surface area contributed by atoms with Gasteiger partial charge < -0.3 is 18.9 Å². The molecule has 0 heterocycles. The highest BCUT2D eigenvalue weighted by Gasteiger charge is 2.28. The van der Waals surface area contributed by atoms with Crippen LogP contribution in [0.5, 0.6) is 23.0 Å². The number of hydrogen-bond donors (Lipinski definition) is 1. The van der Waals surface area contributed by atoms with Crippen LogP contribution in [0.1, 0.15) is 5.56 Å². The van der Waals surface area contributed by atoms with Crippen LogP contribution >= 0.6 is 0 Å². The van der Waals surface area contributed by atoms with E-state index in [1.807, 2.05) is 4.72 Å². The quantitative estimate of drug-likeness (QED) is 0.403. The van der Waals surface area contributed by atoms with E-state index in [2.05, 4.69) is 0 Å². The van der Waals surface area contributed by atoms with Crippen LogP contribution < -0.4 is 23.7 Å². The minimum absolute atomic E-state index is 0.253. The lowest BCUT2D eigenvalue weighted by Crippen LogP contribution is -2.10. The highest BCUT2D eigenvalue weighted by Crippen LogP contribution is 2.40. The molecule has 0 radical (unpaired) electrons. The Bertz CT molecular complexity index is 1120. The number of ether oxygens (including phenoxy) is 4. The summed E-state index contributed by atoms with van der Waals surface area (Å²) in [6.07, 6.45) is 1.17. The smallest absolute Gasteiger partial charge is 0.320 e. The lowest BCUT2D eigenvalue weighted by atomic mass is 10.1. The number of nitrogens with one attached hydrogen (secondary N) is 1. The second-order valence-corrected chi connectivity index (χ2v) is 7.52. The molecular formula is C18H19N3O10S. The van der Waals surface area contributed by atoms with Crippen LogP contribution in [0, 0.1) is 20.2 Å². The molecule has 13 nitrogen and oxygen atoms in total. The lowest BCUT2D eigenvalue weighted by molar-refractivity contribution is -0.395. The Hall–Kier alpha value is -4.07. The summed E-state index contributed by atoms with van der Waals surface area (Å²) >= 11 is 0.